The van der Waals surface area contributed by atoms with E-state index in [4.69, 9.17) is 9.84 Å². The molecule has 0 aliphatic heterocycles. The van der Waals surface area contributed by atoms with E-state index < -0.39 is 16.0 Å². The average Bonchev–Trinajstić information content (AvgIpc) is 2.54. The second kappa shape index (κ2) is 6.49. The van der Waals surface area contributed by atoms with Crippen molar-refractivity contribution in [2.24, 2.45) is 0 Å². The predicted octanol–water partition coefficient (Wildman–Crippen LogP) is 2.23. The largest absolute Gasteiger partial charge is 0.480 e. The molecule has 0 fully saturated rings. The topological polar surface area (TPSA) is 106 Å². The molecule has 2 rings (SSSR count). The highest BCUT2D eigenvalue weighted by molar-refractivity contribution is 7.92. The molecule has 2 N–H and O–H groups in total. The number of sulfonamides is 1. The van der Waals surface area contributed by atoms with Crippen LogP contribution in [-0.4, -0.2) is 31.6 Å². The Morgan fingerprint density at radius 2 is 2.13 bits per heavy atom. The van der Waals surface area contributed by atoms with Gasteiger partial charge in [0.1, 0.15) is 5.69 Å². The molecule has 0 radical (unpaired) electrons. The lowest BCUT2D eigenvalue weighted by molar-refractivity contribution is 0.0696. The van der Waals surface area contributed by atoms with Crippen LogP contribution in [0.2, 0.25) is 0 Å². The number of hydrogen-bond donors (Lipinski definition) is 2. The molecule has 0 saturated carbocycles. The van der Waals surface area contributed by atoms with E-state index >= 15 is 0 Å². The van der Waals surface area contributed by atoms with Crippen LogP contribution in [0, 0.1) is 0 Å². The fourth-order valence-corrected chi connectivity index (χ4v) is 2.91. The number of carboxylic acids is 1. The molecule has 23 heavy (non-hydrogen) atoms. The lowest BCUT2D eigenvalue weighted by Gasteiger charge is -2.12. The van der Waals surface area contributed by atoms with Gasteiger partial charge in [-0.1, -0.05) is 18.7 Å². The highest BCUT2D eigenvalue weighted by atomic mass is 32.2. The normalized spacial score (nSPS) is 10.8. The Kier molecular flexibility index (Phi) is 4.65. The predicted molar refractivity (Wildman–Crippen MR) is 85.1 cm³/mol. The first-order valence-electron chi connectivity index (χ1n) is 6.40. The molecular weight excluding hydrogens is 320 g/mol. The Bertz CT molecular complexity index is 862. The number of carboxylic acid groups (broad SMARTS) is 1. The van der Waals surface area contributed by atoms with Gasteiger partial charge >= 0.3 is 5.97 Å². The highest BCUT2D eigenvalue weighted by Crippen LogP contribution is 2.26. The number of carbonyl (C=O) groups is 1. The zero-order chi connectivity index (χ0) is 17.0. The highest BCUT2D eigenvalue weighted by Gasteiger charge is 2.19. The van der Waals surface area contributed by atoms with Crippen molar-refractivity contribution in [1.82, 2.24) is 4.98 Å². The zero-order valence-corrected chi connectivity index (χ0v) is 13.0. The summed E-state index contributed by atoms with van der Waals surface area (Å²) in [6.45, 7) is 3.59. The number of rotatable bonds is 6. The third kappa shape index (κ3) is 3.67. The summed E-state index contributed by atoms with van der Waals surface area (Å²) < 4.78 is 32.2. The van der Waals surface area contributed by atoms with Gasteiger partial charge in [-0.2, -0.15) is 0 Å². The van der Waals surface area contributed by atoms with E-state index in [1.807, 2.05) is 0 Å². The number of aromatic nitrogens is 1. The summed E-state index contributed by atoms with van der Waals surface area (Å²) >= 11 is 0. The SMILES string of the molecule is C=Cc1cnc(OC)c(NS(=O)(=O)c2cccc(C(=O)O)c2)c1. The molecular formula is C15H14N2O5S. The number of ether oxygens (including phenoxy) is 1. The molecule has 0 saturated heterocycles. The molecule has 1 heterocycles. The van der Waals surface area contributed by atoms with Crippen LogP contribution in [0.3, 0.4) is 0 Å². The number of aromatic carboxylic acids is 1. The molecule has 7 nitrogen and oxygen atoms in total. The van der Waals surface area contributed by atoms with E-state index in [1.54, 1.807) is 0 Å². The number of pyridine rings is 1. The molecule has 1 aromatic carbocycles. The van der Waals surface area contributed by atoms with Crippen LogP contribution < -0.4 is 9.46 Å². The van der Waals surface area contributed by atoms with Crippen molar-refractivity contribution in [2.45, 2.75) is 4.90 Å². The quantitative estimate of drug-likeness (QED) is 0.839. The van der Waals surface area contributed by atoms with Crippen molar-refractivity contribution in [3.63, 3.8) is 0 Å². The van der Waals surface area contributed by atoms with Gasteiger partial charge in [0, 0.05) is 6.20 Å². The van der Waals surface area contributed by atoms with Crippen LogP contribution in [0.15, 0.2) is 48.0 Å². The maximum atomic E-state index is 12.4. The van der Waals surface area contributed by atoms with Crippen LogP contribution in [0.4, 0.5) is 5.69 Å². The fraction of sp³-hybridized carbons (Fsp3) is 0.0667. The van der Waals surface area contributed by atoms with Gasteiger partial charge in [-0.3, -0.25) is 4.72 Å². The average molecular weight is 334 g/mol. The molecule has 2 aromatic rings. The molecule has 0 aliphatic carbocycles. The first kappa shape index (κ1) is 16.5. The van der Waals surface area contributed by atoms with E-state index in [-0.39, 0.29) is 22.0 Å². The van der Waals surface area contributed by atoms with Crippen molar-refractivity contribution < 1.29 is 23.1 Å². The minimum absolute atomic E-state index is 0.0913. The summed E-state index contributed by atoms with van der Waals surface area (Å²) in [5.74, 6) is -1.12. The summed E-state index contributed by atoms with van der Waals surface area (Å²) in [5, 5.41) is 8.96. The van der Waals surface area contributed by atoms with Gasteiger partial charge in [-0.15, -0.1) is 0 Å². The third-order valence-electron chi connectivity index (χ3n) is 2.94. The molecule has 8 heteroatoms. The fourth-order valence-electron chi connectivity index (χ4n) is 1.82. The van der Waals surface area contributed by atoms with E-state index in [1.165, 1.54) is 43.6 Å². The van der Waals surface area contributed by atoms with Crippen LogP contribution in [-0.2, 0) is 10.0 Å². The smallest absolute Gasteiger partial charge is 0.335 e. The molecule has 0 spiro atoms. The maximum Gasteiger partial charge on any atom is 0.335 e. The summed E-state index contributed by atoms with van der Waals surface area (Å²) in [4.78, 5) is 14.8. The Hall–Kier alpha value is -2.87. The molecule has 0 bridgehead atoms. The summed E-state index contributed by atoms with van der Waals surface area (Å²) in [6, 6.07) is 6.54. The van der Waals surface area contributed by atoms with Crippen molar-refractivity contribution in [3.05, 3.63) is 54.2 Å². The number of nitrogens with one attached hydrogen (secondary N) is 1. The number of anilines is 1. The van der Waals surface area contributed by atoms with E-state index in [9.17, 15) is 13.2 Å². The van der Waals surface area contributed by atoms with Gasteiger partial charge < -0.3 is 9.84 Å². The van der Waals surface area contributed by atoms with Gasteiger partial charge in [0.05, 0.1) is 17.6 Å². The van der Waals surface area contributed by atoms with Crippen molar-refractivity contribution in [3.8, 4) is 5.88 Å². The standard InChI is InChI=1S/C15H14N2O5S/c1-3-10-7-13(14(22-2)16-9-10)17-23(20,21)12-6-4-5-11(8-12)15(18)19/h3-9,17H,1H2,2H3,(H,18,19). The Balaban J connectivity index is 2.44. The zero-order valence-electron chi connectivity index (χ0n) is 12.2. The molecule has 120 valence electrons. The van der Waals surface area contributed by atoms with Gasteiger partial charge in [-0.05, 0) is 29.8 Å². The Morgan fingerprint density at radius 1 is 1.39 bits per heavy atom. The summed E-state index contributed by atoms with van der Waals surface area (Å²) in [6.07, 6.45) is 2.99. The lowest BCUT2D eigenvalue weighted by Crippen LogP contribution is -2.15. The monoisotopic (exact) mass is 334 g/mol. The van der Waals surface area contributed by atoms with Crippen molar-refractivity contribution >= 4 is 27.8 Å². The van der Waals surface area contributed by atoms with E-state index in [0.717, 1.165) is 6.07 Å². The lowest BCUT2D eigenvalue weighted by atomic mass is 10.2. The Labute approximate surface area is 133 Å². The minimum Gasteiger partial charge on any atom is -0.480 e. The second-order valence-corrected chi connectivity index (χ2v) is 6.15. The van der Waals surface area contributed by atoms with Crippen LogP contribution in [0.25, 0.3) is 6.08 Å². The van der Waals surface area contributed by atoms with Gasteiger partial charge in [0.2, 0.25) is 5.88 Å². The van der Waals surface area contributed by atoms with Crippen LogP contribution in [0.1, 0.15) is 15.9 Å². The number of methoxy groups -OCH3 is 1. The Morgan fingerprint density at radius 3 is 2.74 bits per heavy atom. The van der Waals surface area contributed by atoms with Crippen molar-refractivity contribution in [2.75, 3.05) is 11.8 Å². The van der Waals surface area contributed by atoms with E-state index in [0.29, 0.717) is 5.56 Å². The molecule has 0 amide bonds. The van der Waals surface area contributed by atoms with E-state index in [2.05, 4.69) is 16.3 Å². The molecule has 1 aromatic heterocycles. The first-order valence-corrected chi connectivity index (χ1v) is 7.88. The number of nitrogens with zero attached hydrogens (tertiary/aromatic N) is 1. The maximum absolute atomic E-state index is 12.4. The summed E-state index contributed by atoms with van der Waals surface area (Å²) in [5.41, 5.74) is 0.603. The van der Waals surface area contributed by atoms with Crippen molar-refractivity contribution in [1.29, 1.82) is 0 Å². The summed E-state index contributed by atoms with van der Waals surface area (Å²) in [7, 11) is -2.63. The first-order chi connectivity index (χ1) is 10.9. The molecule has 0 aliphatic rings. The van der Waals surface area contributed by atoms with Crippen LogP contribution in [0.5, 0.6) is 5.88 Å². The minimum atomic E-state index is -3.99. The van der Waals surface area contributed by atoms with Crippen LogP contribution >= 0.6 is 0 Å². The third-order valence-corrected chi connectivity index (χ3v) is 4.30. The number of hydrogen-bond acceptors (Lipinski definition) is 5. The van der Waals surface area contributed by atoms with Gasteiger partial charge in [-0.25, -0.2) is 18.2 Å². The number of benzene rings is 1. The molecule has 0 atom stereocenters. The van der Waals surface area contributed by atoms with Gasteiger partial charge in [0.25, 0.3) is 10.0 Å². The molecule has 0 unspecified atom stereocenters. The van der Waals surface area contributed by atoms with Gasteiger partial charge in [0.15, 0.2) is 0 Å². The second-order valence-electron chi connectivity index (χ2n) is 4.47.